The minimum Gasteiger partial charge on any atom is -0.489 e. The van der Waals surface area contributed by atoms with E-state index in [-0.39, 0.29) is 5.56 Å². The molecule has 0 aliphatic heterocycles. The zero-order valence-corrected chi connectivity index (χ0v) is 13.3. The van der Waals surface area contributed by atoms with Crippen LogP contribution in [0.5, 0.6) is 5.75 Å². The smallest absolute Gasteiger partial charge is 0.295 e. The quantitative estimate of drug-likeness (QED) is 0.796. The molecule has 1 N–H and O–H groups in total. The van der Waals surface area contributed by atoms with Gasteiger partial charge in [0, 0.05) is 13.1 Å². The Labute approximate surface area is 121 Å². The van der Waals surface area contributed by atoms with Gasteiger partial charge in [-0.1, -0.05) is 27.7 Å². The summed E-state index contributed by atoms with van der Waals surface area (Å²) >= 11 is 0. The molecule has 0 atom stereocenters. The molecule has 0 spiro atoms. The van der Waals surface area contributed by atoms with E-state index < -0.39 is 0 Å². The molecule has 0 fully saturated rings. The summed E-state index contributed by atoms with van der Waals surface area (Å²) in [5.74, 6) is 2.19. The molecule has 114 valence electrons. The van der Waals surface area contributed by atoms with Crippen molar-refractivity contribution >= 4 is 5.82 Å². The third kappa shape index (κ3) is 4.87. The summed E-state index contributed by atoms with van der Waals surface area (Å²) in [5.41, 5.74) is -0.225. The highest BCUT2D eigenvalue weighted by atomic mass is 16.5. The number of rotatable bonds is 8. The van der Waals surface area contributed by atoms with Crippen LogP contribution in [0, 0.1) is 11.8 Å². The molecule has 20 heavy (non-hydrogen) atoms. The Balaban J connectivity index is 2.96. The van der Waals surface area contributed by atoms with Crippen molar-refractivity contribution in [2.45, 2.75) is 40.5 Å². The number of ether oxygens (including phenoxy) is 1. The lowest BCUT2D eigenvalue weighted by Crippen LogP contribution is -2.30. The highest BCUT2D eigenvalue weighted by Crippen LogP contribution is 2.22. The van der Waals surface area contributed by atoms with E-state index in [9.17, 15) is 4.79 Å². The first-order valence-electron chi connectivity index (χ1n) is 7.32. The Bertz CT molecular complexity index is 443. The molecule has 5 heteroatoms. The fourth-order valence-corrected chi connectivity index (χ4v) is 1.94. The van der Waals surface area contributed by atoms with Gasteiger partial charge in [-0.2, -0.15) is 0 Å². The fourth-order valence-electron chi connectivity index (χ4n) is 1.94. The van der Waals surface area contributed by atoms with Gasteiger partial charge < -0.3 is 14.6 Å². The first kappa shape index (κ1) is 16.5. The normalized spacial score (nSPS) is 11.2. The predicted octanol–water partition coefficient (Wildman–Crippen LogP) is 2.68. The summed E-state index contributed by atoms with van der Waals surface area (Å²) in [7, 11) is 1.51. The van der Waals surface area contributed by atoms with Gasteiger partial charge in [0.25, 0.3) is 5.56 Å². The number of aromatic nitrogens is 2. The summed E-state index contributed by atoms with van der Waals surface area (Å²) < 4.78 is 5.22. The van der Waals surface area contributed by atoms with Crippen LogP contribution in [0.2, 0.25) is 0 Å². The standard InChI is InChI=1S/C15H27N3O2/c1-11(2)6-8-18(9-7-12(3)4)14-13(20-5)15(19)17-10-16-14/h10-12H,6-9H2,1-5H3,(H,16,17,19). The van der Waals surface area contributed by atoms with Gasteiger partial charge in [-0.3, -0.25) is 4.79 Å². The molecule has 0 unspecified atom stereocenters. The third-order valence-corrected chi connectivity index (χ3v) is 3.25. The Hall–Kier alpha value is -1.52. The molecule has 0 radical (unpaired) electrons. The Morgan fingerprint density at radius 3 is 2.20 bits per heavy atom. The maximum Gasteiger partial charge on any atom is 0.295 e. The van der Waals surface area contributed by atoms with E-state index in [2.05, 4.69) is 42.6 Å². The van der Waals surface area contributed by atoms with Crippen molar-refractivity contribution in [2.75, 3.05) is 25.1 Å². The second-order valence-electron chi connectivity index (χ2n) is 5.94. The maximum atomic E-state index is 11.8. The van der Waals surface area contributed by atoms with Crippen LogP contribution < -0.4 is 15.2 Å². The van der Waals surface area contributed by atoms with Gasteiger partial charge >= 0.3 is 0 Å². The van der Waals surface area contributed by atoms with Gasteiger partial charge in [0.2, 0.25) is 5.75 Å². The summed E-state index contributed by atoms with van der Waals surface area (Å²) in [6.45, 7) is 10.6. The molecule has 1 heterocycles. The maximum absolute atomic E-state index is 11.8. The van der Waals surface area contributed by atoms with E-state index in [1.807, 2.05) is 0 Å². The zero-order valence-electron chi connectivity index (χ0n) is 13.3. The number of hydrogen-bond donors (Lipinski definition) is 1. The molecule has 1 aromatic rings. The number of aromatic amines is 1. The number of nitrogens with zero attached hydrogens (tertiary/aromatic N) is 2. The summed E-state index contributed by atoms with van der Waals surface area (Å²) in [5, 5.41) is 0. The molecule has 0 aliphatic rings. The average molecular weight is 281 g/mol. The van der Waals surface area contributed by atoms with Crippen molar-refractivity contribution in [3.05, 3.63) is 16.7 Å². The monoisotopic (exact) mass is 281 g/mol. The van der Waals surface area contributed by atoms with E-state index in [4.69, 9.17) is 4.74 Å². The topological polar surface area (TPSA) is 58.2 Å². The van der Waals surface area contributed by atoms with Gasteiger partial charge in [0.05, 0.1) is 13.4 Å². The molecule has 0 aliphatic carbocycles. The number of H-pyrrole nitrogens is 1. The van der Waals surface area contributed by atoms with E-state index in [0.717, 1.165) is 25.9 Å². The van der Waals surface area contributed by atoms with Crippen LogP contribution in [-0.4, -0.2) is 30.2 Å². The Kier molecular flexibility index (Phi) is 6.55. The second kappa shape index (κ2) is 7.92. The SMILES string of the molecule is COc1c(N(CCC(C)C)CCC(C)C)nc[nH]c1=O. The van der Waals surface area contributed by atoms with Gasteiger partial charge in [-0.25, -0.2) is 4.98 Å². The van der Waals surface area contributed by atoms with Crippen molar-refractivity contribution in [2.24, 2.45) is 11.8 Å². The second-order valence-corrected chi connectivity index (χ2v) is 5.94. The van der Waals surface area contributed by atoms with Crippen molar-refractivity contribution in [1.82, 2.24) is 9.97 Å². The first-order valence-corrected chi connectivity index (χ1v) is 7.32. The van der Waals surface area contributed by atoms with E-state index in [1.165, 1.54) is 13.4 Å². The van der Waals surface area contributed by atoms with Crippen molar-refractivity contribution in [3.8, 4) is 5.75 Å². The molecular weight excluding hydrogens is 254 g/mol. The highest BCUT2D eigenvalue weighted by Gasteiger charge is 2.17. The summed E-state index contributed by atoms with van der Waals surface area (Å²) in [6, 6.07) is 0. The van der Waals surface area contributed by atoms with Crippen LogP contribution >= 0.6 is 0 Å². The van der Waals surface area contributed by atoms with Gasteiger partial charge in [0.15, 0.2) is 5.82 Å². The molecule has 0 amide bonds. The lowest BCUT2D eigenvalue weighted by Gasteiger charge is -2.26. The van der Waals surface area contributed by atoms with Crippen molar-refractivity contribution in [3.63, 3.8) is 0 Å². The number of nitrogens with one attached hydrogen (secondary N) is 1. The highest BCUT2D eigenvalue weighted by molar-refractivity contribution is 5.50. The third-order valence-electron chi connectivity index (χ3n) is 3.25. The lowest BCUT2D eigenvalue weighted by molar-refractivity contribution is 0.403. The van der Waals surface area contributed by atoms with E-state index >= 15 is 0 Å². The molecule has 0 bridgehead atoms. The zero-order chi connectivity index (χ0) is 15.1. The molecule has 0 aromatic carbocycles. The van der Waals surface area contributed by atoms with Crippen LogP contribution in [0.15, 0.2) is 11.1 Å². The van der Waals surface area contributed by atoms with Gasteiger partial charge in [-0.05, 0) is 24.7 Å². The Morgan fingerprint density at radius 2 is 1.75 bits per heavy atom. The molecular formula is C15H27N3O2. The first-order chi connectivity index (χ1) is 9.45. The van der Waals surface area contributed by atoms with Gasteiger partial charge in [-0.15, -0.1) is 0 Å². The van der Waals surface area contributed by atoms with Crippen LogP contribution in [0.3, 0.4) is 0 Å². The molecule has 1 aromatic heterocycles. The molecule has 5 nitrogen and oxygen atoms in total. The van der Waals surface area contributed by atoms with Crippen LogP contribution in [0.4, 0.5) is 5.82 Å². The van der Waals surface area contributed by atoms with Crippen molar-refractivity contribution < 1.29 is 4.74 Å². The van der Waals surface area contributed by atoms with Gasteiger partial charge in [0.1, 0.15) is 0 Å². The van der Waals surface area contributed by atoms with E-state index in [0.29, 0.717) is 23.4 Å². The minimum atomic E-state index is -0.225. The average Bonchev–Trinajstić information content (AvgIpc) is 2.38. The largest absolute Gasteiger partial charge is 0.489 e. The molecule has 1 rings (SSSR count). The van der Waals surface area contributed by atoms with Crippen LogP contribution in [0.25, 0.3) is 0 Å². The molecule has 0 saturated heterocycles. The summed E-state index contributed by atoms with van der Waals surface area (Å²) in [4.78, 5) is 20.8. The predicted molar refractivity (Wildman–Crippen MR) is 82.5 cm³/mol. The van der Waals surface area contributed by atoms with Crippen molar-refractivity contribution in [1.29, 1.82) is 0 Å². The van der Waals surface area contributed by atoms with E-state index in [1.54, 1.807) is 0 Å². The fraction of sp³-hybridized carbons (Fsp3) is 0.733. The summed E-state index contributed by atoms with van der Waals surface area (Å²) in [6.07, 6.45) is 3.57. The van der Waals surface area contributed by atoms with Crippen LogP contribution in [-0.2, 0) is 0 Å². The number of hydrogen-bond acceptors (Lipinski definition) is 4. The lowest BCUT2D eigenvalue weighted by atomic mass is 10.1. The number of anilines is 1. The number of methoxy groups -OCH3 is 1. The Morgan fingerprint density at radius 1 is 1.20 bits per heavy atom. The van der Waals surface area contributed by atoms with Crippen LogP contribution in [0.1, 0.15) is 40.5 Å². The minimum absolute atomic E-state index is 0.225. The molecule has 0 saturated carbocycles.